The Morgan fingerprint density at radius 3 is 2.60 bits per heavy atom. The van der Waals surface area contributed by atoms with Crippen LogP contribution in [-0.2, 0) is 10.3 Å². The molecular weight excluding hydrogens is 262 g/mol. The van der Waals surface area contributed by atoms with Crippen molar-refractivity contribution in [3.8, 4) is 11.6 Å². The number of rotatable bonds is 3. The predicted molar refractivity (Wildman–Crippen MR) is 68.3 cm³/mol. The molecule has 2 aromatic rings. The molecule has 108 valence electrons. The number of hydrogen-bond donors (Lipinski definition) is 1. The molecule has 1 aliphatic rings. The zero-order valence-corrected chi connectivity index (χ0v) is 11.5. The summed E-state index contributed by atoms with van der Waals surface area (Å²) in [5, 5.41) is 11.2. The lowest BCUT2D eigenvalue weighted by atomic mass is 9.79. The highest BCUT2D eigenvalue weighted by Gasteiger charge is 2.40. The van der Waals surface area contributed by atoms with Crippen LogP contribution in [-0.4, -0.2) is 27.6 Å². The fourth-order valence-electron chi connectivity index (χ4n) is 2.60. The number of ether oxygens (including phenoxy) is 1. The number of nitrogen functional groups attached to an aromatic ring is 1. The fourth-order valence-corrected chi connectivity index (χ4v) is 2.60. The van der Waals surface area contributed by atoms with Gasteiger partial charge in [-0.2, -0.15) is 4.98 Å². The Morgan fingerprint density at radius 2 is 2.00 bits per heavy atom. The van der Waals surface area contributed by atoms with Gasteiger partial charge in [-0.05, 0) is 41.9 Å². The molecule has 1 fully saturated rings. The zero-order valence-electron chi connectivity index (χ0n) is 11.5. The lowest BCUT2D eigenvalue weighted by Crippen LogP contribution is -2.34. The average Bonchev–Trinajstić information content (AvgIpc) is 3.09. The maximum absolute atomic E-state index is 5.70. The van der Waals surface area contributed by atoms with E-state index in [4.69, 9.17) is 15.0 Å². The second-order valence-corrected chi connectivity index (χ2v) is 5.30. The second-order valence-electron chi connectivity index (χ2n) is 5.30. The number of anilines is 1. The van der Waals surface area contributed by atoms with Gasteiger partial charge in [-0.1, -0.05) is 12.1 Å². The quantitative estimate of drug-likeness (QED) is 0.903. The molecule has 8 heteroatoms. The molecule has 0 aliphatic heterocycles. The third-order valence-electron chi connectivity index (χ3n) is 4.02. The van der Waals surface area contributed by atoms with Gasteiger partial charge in [-0.25, -0.2) is 4.63 Å². The van der Waals surface area contributed by atoms with Crippen LogP contribution in [0.2, 0.25) is 0 Å². The van der Waals surface area contributed by atoms with Crippen molar-refractivity contribution in [3.63, 3.8) is 0 Å². The molecule has 3 rings (SSSR count). The highest BCUT2D eigenvalue weighted by atomic mass is 16.6. The summed E-state index contributed by atoms with van der Waals surface area (Å²) in [6.45, 7) is 2.24. The van der Waals surface area contributed by atoms with E-state index in [1.54, 1.807) is 7.11 Å². The van der Waals surface area contributed by atoms with Gasteiger partial charge in [0.25, 0.3) is 5.89 Å². The maximum atomic E-state index is 5.70. The van der Waals surface area contributed by atoms with E-state index in [-0.39, 0.29) is 17.4 Å². The van der Waals surface area contributed by atoms with E-state index in [1.807, 2.05) is 0 Å². The van der Waals surface area contributed by atoms with E-state index in [9.17, 15) is 0 Å². The monoisotopic (exact) mass is 279 g/mol. The summed E-state index contributed by atoms with van der Waals surface area (Å²) in [5.74, 6) is 1.56. The molecule has 0 spiro atoms. The van der Waals surface area contributed by atoms with Gasteiger partial charge in [0.15, 0.2) is 0 Å². The standard InChI is InChI=1S/C12H17N5O3/c1-7-3-5-12(18-2,6-4-7)11-14-10(19-17-11)8-9(13)16-20-15-8/h7H,3-6H2,1-2H3,(H2,13,16). The summed E-state index contributed by atoms with van der Waals surface area (Å²) in [6, 6.07) is 0. The molecule has 8 nitrogen and oxygen atoms in total. The van der Waals surface area contributed by atoms with Gasteiger partial charge in [0, 0.05) is 7.11 Å². The van der Waals surface area contributed by atoms with E-state index < -0.39 is 5.60 Å². The van der Waals surface area contributed by atoms with Crippen molar-refractivity contribution in [3.05, 3.63) is 5.82 Å². The van der Waals surface area contributed by atoms with Crippen LogP contribution in [0.25, 0.3) is 11.6 Å². The summed E-state index contributed by atoms with van der Waals surface area (Å²) in [6.07, 6.45) is 3.89. The molecular formula is C12H17N5O3. The molecule has 2 N–H and O–H groups in total. The first kappa shape index (κ1) is 13.0. The Hall–Kier alpha value is -1.96. The minimum absolute atomic E-state index is 0.129. The van der Waals surface area contributed by atoms with Gasteiger partial charge in [0.1, 0.15) is 5.60 Å². The number of nitrogens with two attached hydrogens (primary N) is 1. The van der Waals surface area contributed by atoms with Crippen molar-refractivity contribution in [2.75, 3.05) is 12.8 Å². The number of nitrogens with zero attached hydrogens (tertiary/aromatic N) is 4. The fraction of sp³-hybridized carbons (Fsp3) is 0.667. The molecule has 0 atom stereocenters. The van der Waals surface area contributed by atoms with Crippen LogP contribution in [0, 0.1) is 5.92 Å². The largest absolute Gasteiger partial charge is 0.379 e. The Kier molecular flexibility index (Phi) is 3.17. The van der Waals surface area contributed by atoms with Crippen molar-refractivity contribution >= 4 is 5.82 Å². The van der Waals surface area contributed by atoms with Crippen molar-refractivity contribution in [2.45, 2.75) is 38.2 Å². The molecule has 1 aliphatic carbocycles. The first-order valence-corrected chi connectivity index (χ1v) is 6.62. The summed E-state index contributed by atoms with van der Waals surface area (Å²) in [7, 11) is 1.68. The Balaban J connectivity index is 1.91. The van der Waals surface area contributed by atoms with Crippen LogP contribution in [0.3, 0.4) is 0 Å². The number of aromatic nitrogens is 4. The van der Waals surface area contributed by atoms with Crippen molar-refractivity contribution < 1.29 is 13.9 Å². The van der Waals surface area contributed by atoms with Crippen LogP contribution in [0.4, 0.5) is 5.82 Å². The highest BCUT2D eigenvalue weighted by Crippen LogP contribution is 2.41. The summed E-state index contributed by atoms with van der Waals surface area (Å²) < 4.78 is 15.4. The molecule has 0 saturated heterocycles. The van der Waals surface area contributed by atoms with E-state index in [1.165, 1.54) is 0 Å². The minimum Gasteiger partial charge on any atom is -0.379 e. The zero-order chi connectivity index (χ0) is 14.2. The molecule has 0 radical (unpaired) electrons. The van der Waals surface area contributed by atoms with Crippen LogP contribution in [0.5, 0.6) is 0 Å². The van der Waals surface area contributed by atoms with Crippen LogP contribution in [0.15, 0.2) is 9.15 Å². The van der Waals surface area contributed by atoms with Gasteiger partial charge < -0.3 is 15.0 Å². The Labute approximate surface area is 115 Å². The third-order valence-corrected chi connectivity index (χ3v) is 4.02. The van der Waals surface area contributed by atoms with E-state index in [0.29, 0.717) is 11.7 Å². The van der Waals surface area contributed by atoms with Crippen molar-refractivity contribution in [1.29, 1.82) is 0 Å². The minimum atomic E-state index is -0.486. The first-order chi connectivity index (χ1) is 9.64. The summed E-state index contributed by atoms with van der Waals surface area (Å²) in [4.78, 5) is 4.36. The molecule has 0 unspecified atom stereocenters. The normalized spacial score (nSPS) is 26.8. The van der Waals surface area contributed by atoms with Crippen LogP contribution >= 0.6 is 0 Å². The van der Waals surface area contributed by atoms with Gasteiger partial charge in [0.2, 0.25) is 17.3 Å². The lowest BCUT2D eigenvalue weighted by Gasteiger charge is -2.35. The number of hydrogen-bond acceptors (Lipinski definition) is 8. The number of methoxy groups -OCH3 is 1. The van der Waals surface area contributed by atoms with Crippen LogP contribution < -0.4 is 5.73 Å². The Bertz CT molecular complexity index is 585. The molecule has 1 saturated carbocycles. The van der Waals surface area contributed by atoms with E-state index >= 15 is 0 Å². The summed E-state index contributed by atoms with van der Waals surface area (Å²) >= 11 is 0. The third kappa shape index (κ3) is 2.05. The lowest BCUT2D eigenvalue weighted by molar-refractivity contribution is -0.0609. The molecule has 2 aromatic heterocycles. The average molecular weight is 279 g/mol. The van der Waals surface area contributed by atoms with Gasteiger partial charge in [0.05, 0.1) is 0 Å². The summed E-state index contributed by atoms with van der Waals surface area (Å²) in [5.41, 5.74) is 5.39. The topological polar surface area (TPSA) is 113 Å². The molecule has 2 heterocycles. The molecule has 0 amide bonds. The van der Waals surface area contributed by atoms with Gasteiger partial charge >= 0.3 is 0 Å². The maximum Gasteiger partial charge on any atom is 0.284 e. The first-order valence-electron chi connectivity index (χ1n) is 6.62. The van der Waals surface area contributed by atoms with Crippen molar-refractivity contribution in [2.24, 2.45) is 5.92 Å². The SMILES string of the molecule is COC1(c2noc(-c3nonc3N)n2)CCC(C)CC1. The van der Waals surface area contributed by atoms with Crippen LogP contribution in [0.1, 0.15) is 38.4 Å². The van der Waals surface area contributed by atoms with Crippen molar-refractivity contribution in [1.82, 2.24) is 20.5 Å². The predicted octanol–water partition coefficient (Wildman–Crippen LogP) is 1.75. The Morgan fingerprint density at radius 1 is 1.25 bits per heavy atom. The van der Waals surface area contributed by atoms with Gasteiger partial charge in [-0.3, -0.25) is 0 Å². The van der Waals surface area contributed by atoms with E-state index in [0.717, 1.165) is 25.7 Å². The van der Waals surface area contributed by atoms with E-state index in [2.05, 4.69) is 32.0 Å². The smallest absolute Gasteiger partial charge is 0.284 e. The molecule has 0 aromatic carbocycles. The van der Waals surface area contributed by atoms with Gasteiger partial charge in [-0.15, -0.1) is 0 Å². The molecule has 0 bridgehead atoms. The second kappa shape index (κ2) is 4.86. The molecule has 20 heavy (non-hydrogen) atoms. The highest BCUT2D eigenvalue weighted by molar-refractivity contribution is 5.60.